The van der Waals surface area contributed by atoms with Gasteiger partial charge in [-0.25, -0.2) is 9.97 Å². The minimum atomic E-state index is 0.0472. The standard InChI is InChI=1S/C24H27N5O/c1-4-5-6-10-22(30)26-18-11-12-19-20(13-18)29-15-25-14-21(29)24(27-19)28-23-16(2)8-7-9-17(23)3/h7-9,11-15H,4-6,10H2,1-3H3,(H,26,30)(H,27,28). The van der Waals surface area contributed by atoms with Crippen molar-refractivity contribution in [1.29, 1.82) is 0 Å². The highest BCUT2D eigenvalue weighted by Gasteiger charge is 2.12. The van der Waals surface area contributed by atoms with Crippen LogP contribution in [0.15, 0.2) is 48.9 Å². The molecule has 154 valence electrons. The molecule has 0 radical (unpaired) electrons. The van der Waals surface area contributed by atoms with Crippen molar-refractivity contribution in [3.8, 4) is 0 Å². The Bertz CT molecular complexity index is 1190. The van der Waals surface area contributed by atoms with Crippen molar-refractivity contribution in [2.45, 2.75) is 46.5 Å². The third-order valence-electron chi connectivity index (χ3n) is 5.36. The summed E-state index contributed by atoms with van der Waals surface area (Å²) in [6.07, 6.45) is 7.22. The Morgan fingerprint density at radius 2 is 1.87 bits per heavy atom. The molecule has 0 atom stereocenters. The van der Waals surface area contributed by atoms with E-state index >= 15 is 0 Å². The molecule has 2 N–H and O–H groups in total. The van der Waals surface area contributed by atoms with Crippen LogP contribution in [0.5, 0.6) is 0 Å². The van der Waals surface area contributed by atoms with Crippen LogP contribution >= 0.6 is 0 Å². The van der Waals surface area contributed by atoms with Crippen molar-refractivity contribution in [1.82, 2.24) is 14.4 Å². The van der Waals surface area contributed by atoms with Gasteiger partial charge in [0.05, 0.1) is 23.6 Å². The number of carbonyl (C=O) groups is 1. The molecule has 4 aromatic rings. The number of aryl methyl sites for hydroxylation is 2. The Balaban J connectivity index is 1.68. The summed E-state index contributed by atoms with van der Waals surface area (Å²) >= 11 is 0. The second-order valence-electron chi connectivity index (χ2n) is 7.71. The fourth-order valence-electron chi connectivity index (χ4n) is 3.71. The molecule has 0 aliphatic rings. The smallest absolute Gasteiger partial charge is 0.224 e. The number of fused-ring (bicyclic) bond motifs is 3. The van der Waals surface area contributed by atoms with Gasteiger partial charge in [-0.2, -0.15) is 0 Å². The molecule has 0 aliphatic carbocycles. The van der Waals surface area contributed by atoms with Crippen LogP contribution in [0.2, 0.25) is 0 Å². The highest BCUT2D eigenvalue weighted by atomic mass is 16.1. The summed E-state index contributed by atoms with van der Waals surface area (Å²) in [7, 11) is 0. The third-order valence-corrected chi connectivity index (χ3v) is 5.36. The summed E-state index contributed by atoms with van der Waals surface area (Å²) in [6, 6.07) is 12.0. The lowest BCUT2D eigenvalue weighted by molar-refractivity contribution is -0.116. The maximum atomic E-state index is 12.2. The predicted molar refractivity (Wildman–Crippen MR) is 122 cm³/mol. The molecule has 6 nitrogen and oxygen atoms in total. The van der Waals surface area contributed by atoms with Crippen LogP contribution in [0.3, 0.4) is 0 Å². The number of hydrogen-bond donors (Lipinski definition) is 2. The van der Waals surface area contributed by atoms with Gasteiger partial charge in [-0.3, -0.25) is 9.20 Å². The summed E-state index contributed by atoms with van der Waals surface area (Å²) in [5, 5.41) is 6.50. The van der Waals surface area contributed by atoms with E-state index in [0.717, 1.165) is 64.1 Å². The second-order valence-corrected chi connectivity index (χ2v) is 7.71. The number of carbonyl (C=O) groups excluding carboxylic acids is 1. The van der Waals surface area contributed by atoms with Gasteiger partial charge in [-0.1, -0.05) is 38.0 Å². The minimum Gasteiger partial charge on any atom is -0.338 e. The van der Waals surface area contributed by atoms with E-state index in [-0.39, 0.29) is 5.91 Å². The Morgan fingerprint density at radius 1 is 1.07 bits per heavy atom. The Morgan fingerprint density at radius 3 is 2.63 bits per heavy atom. The lowest BCUT2D eigenvalue weighted by Crippen LogP contribution is -2.11. The van der Waals surface area contributed by atoms with Gasteiger partial charge in [0.15, 0.2) is 5.82 Å². The third kappa shape index (κ3) is 3.99. The van der Waals surface area contributed by atoms with E-state index in [0.29, 0.717) is 6.42 Å². The first-order chi connectivity index (χ1) is 14.6. The van der Waals surface area contributed by atoms with Crippen molar-refractivity contribution >= 4 is 39.6 Å². The summed E-state index contributed by atoms with van der Waals surface area (Å²) in [5.74, 6) is 0.805. The average molecular weight is 402 g/mol. The molecule has 6 heteroatoms. The van der Waals surface area contributed by atoms with Gasteiger partial charge >= 0.3 is 0 Å². The maximum absolute atomic E-state index is 12.2. The quantitative estimate of drug-likeness (QED) is 0.386. The molecular formula is C24H27N5O. The van der Waals surface area contributed by atoms with Crippen LogP contribution in [0, 0.1) is 13.8 Å². The van der Waals surface area contributed by atoms with Crippen LogP contribution in [0.25, 0.3) is 16.6 Å². The second kappa shape index (κ2) is 8.53. The molecule has 2 heterocycles. The van der Waals surface area contributed by atoms with E-state index in [1.165, 1.54) is 0 Å². The number of nitrogens with zero attached hydrogens (tertiary/aromatic N) is 3. The number of unbranched alkanes of at least 4 members (excludes halogenated alkanes) is 2. The molecule has 0 fully saturated rings. The molecule has 0 spiro atoms. The first-order valence-electron chi connectivity index (χ1n) is 10.5. The number of nitrogens with one attached hydrogen (secondary N) is 2. The number of amides is 1. The van der Waals surface area contributed by atoms with Gasteiger partial charge in [0.1, 0.15) is 5.52 Å². The van der Waals surface area contributed by atoms with Crippen LogP contribution in [-0.2, 0) is 4.79 Å². The first-order valence-corrected chi connectivity index (χ1v) is 10.5. The molecule has 1 amide bonds. The van der Waals surface area contributed by atoms with E-state index in [2.05, 4.69) is 54.6 Å². The summed E-state index contributed by atoms with van der Waals surface area (Å²) in [5.41, 5.74) is 6.78. The Kier molecular flexibility index (Phi) is 5.65. The van der Waals surface area contributed by atoms with E-state index < -0.39 is 0 Å². The monoisotopic (exact) mass is 401 g/mol. The summed E-state index contributed by atoms with van der Waals surface area (Å²) < 4.78 is 2.00. The highest BCUT2D eigenvalue weighted by molar-refractivity contribution is 5.94. The average Bonchev–Trinajstić information content (AvgIpc) is 3.22. The van der Waals surface area contributed by atoms with Gasteiger partial charge in [0.25, 0.3) is 0 Å². The Labute approximate surface area is 176 Å². The van der Waals surface area contributed by atoms with Crippen LogP contribution in [-0.4, -0.2) is 20.3 Å². The molecule has 0 bridgehead atoms. The van der Waals surface area contributed by atoms with Crippen LogP contribution < -0.4 is 10.6 Å². The fraction of sp³-hybridized carbons (Fsp3) is 0.292. The van der Waals surface area contributed by atoms with Crippen LogP contribution in [0.1, 0.15) is 43.7 Å². The molecule has 0 saturated heterocycles. The number of hydrogen-bond acceptors (Lipinski definition) is 4. The number of anilines is 3. The van der Waals surface area contributed by atoms with Gasteiger partial charge < -0.3 is 10.6 Å². The summed E-state index contributed by atoms with van der Waals surface area (Å²) in [4.78, 5) is 21.4. The number of benzene rings is 2. The zero-order chi connectivity index (χ0) is 21.1. The summed E-state index contributed by atoms with van der Waals surface area (Å²) in [6.45, 7) is 6.30. The van der Waals surface area contributed by atoms with Crippen molar-refractivity contribution in [2.75, 3.05) is 10.6 Å². The lowest BCUT2D eigenvalue weighted by Gasteiger charge is -2.14. The van der Waals surface area contributed by atoms with Crippen molar-refractivity contribution in [3.05, 3.63) is 60.0 Å². The number of imidazole rings is 1. The topological polar surface area (TPSA) is 71.3 Å². The lowest BCUT2D eigenvalue weighted by atomic mass is 10.1. The van der Waals surface area contributed by atoms with E-state index in [1.54, 1.807) is 12.5 Å². The van der Waals surface area contributed by atoms with Gasteiger partial charge in [0, 0.05) is 17.8 Å². The highest BCUT2D eigenvalue weighted by Crippen LogP contribution is 2.29. The van der Waals surface area contributed by atoms with Crippen molar-refractivity contribution < 1.29 is 4.79 Å². The normalized spacial score (nSPS) is 11.2. The van der Waals surface area contributed by atoms with Gasteiger partial charge in [-0.05, 0) is 49.6 Å². The van der Waals surface area contributed by atoms with Crippen molar-refractivity contribution in [3.63, 3.8) is 0 Å². The van der Waals surface area contributed by atoms with E-state index in [1.807, 2.05) is 22.6 Å². The molecular weight excluding hydrogens is 374 g/mol. The molecule has 2 aromatic heterocycles. The molecule has 0 aliphatic heterocycles. The molecule has 0 saturated carbocycles. The molecule has 30 heavy (non-hydrogen) atoms. The first kappa shape index (κ1) is 19.9. The number of para-hydroxylation sites is 1. The zero-order valence-corrected chi connectivity index (χ0v) is 17.7. The van der Waals surface area contributed by atoms with E-state index in [4.69, 9.17) is 4.98 Å². The minimum absolute atomic E-state index is 0.0472. The van der Waals surface area contributed by atoms with Crippen LogP contribution in [0.4, 0.5) is 17.2 Å². The SMILES string of the molecule is CCCCCC(=O)Nc1ccc2nc(Nc3c(C)cccc3C)c3cncn3c2c1. The fourth-order valence-corrected chi connectivity index (χ4v) is 3.71. The van der Waals surface area contributed by atoms with E-state index in [9.17, 15) is 4.79 Å². The Hall–Kier alpha value is -3.41. The predicted octanol–water partition coefficient (Wildman–Crippen LogP) is 5.76. The number of rotatable bonds is 7. The van der Waals surface area contributed by atoms with Gasteiger partial charge in [0.2, 0.25) is 5.91 Å². The molecule has 2 aromatic carbocycles. The molecule has 0 unspecified atom stereocenters. The maximum Gasteiger partial charge on any atom is 0.224 e. The zero-order valence-electron chi connectivity index (χ0n) is 17.7. The van der Waals surface area contributed by atoms with Gasteiger partial charge in [-0.15, -0.1) is 0 Å². The van der Waals surface area contributed by atoms with Crippen molar-refractivity contribution in [2.24, 2.45) is 0 Å². The number of aromatic nitrogens is 3. The molecule has 4 rings (SSSR count). The largest absolute Gasteiger partial charge is 0.338 e.